The molecule has 126 valence electrons. The Morgan fingerprint density at radius 2 is 2.09 bits per heavy atom. The lowest BCUT2D eigenvalue weighted by Gasteiger charge is -2.52. The average molecular weight is 312 g/mol. The predicted molar refractivity (Wildman–Crippen MR) is 95.9 cm³/mol. The highest BCUT2D eigenvalue weighted by Gasteiger charge is 2.53. The summed E-state index contributed by atoms with van der Waals surface area (Å²) in [5.74, 6) is 4.84. The SMILES string of the molecule is C/C=C1\CCC2C3CC=C4C=C(OCC)CCC4C3CC[C@@]12C. The Kier molecular flexibility index (Phi) is 3.94. The molecule has 4 aliphatic carbocycles. The van der Waals surface area contributed by atoms with E-state index in [0.29, 0.717) is 5.41 Å². The number of hydrogen-bond donors (Lipinski definition) is 0. The third-order valence-corrected chi connectivity index (χ3v) is 7.62. The van der Waals surface area contributed by atoms with Gasteiger partial charge < -0.3 is 4.74 Å². The van der Waals surface area contributed by atoms with Crippen LogP contribution in [0.25, 0.3) is 0 Å². The molecule has 0 radical (unpaired) electrons. The van der Waals surface area contributed by atoms with Gasteiger partial charge in [-0.3, -0.25) is 0 Å². The van der Waals surface area contributed by atoms with Crippen molar-refractivity contribution < 1.29 is 4.74 Å². The van der Waals surface area contributed by atoms with Crippen LogP contribution in [0.2, 0.25) is 0 Å². The van der Waals surface area contributed by atoms with E-state index in [4.69, 9.17) is 4.74 Å². The minimum absolute atomic E-state index is 0.516. The van der Waals surface area contributed by atoms with Gasteiger partial charge in [0.15, 0.2) is 0 Å². The lowest BCUT2D eigenvalue weighted by atomic mass is 9.53. The second kappa shape index (κ2) is 5.83. The molecule has 0 saturated heterocycles. The van der Waals surface area contributed by atoms with E-state index in [1.165, 1.54) is 44.3 Å². The molecule has 4 rings (SSSR count). The fourth-order valence-corrected chi connectivity index (χ4v) is 6.55. The molecule has 1 nitrogen and oxygen atoms in total. The van der Waals surface area contributed by atoms with Gasteiger partial charge in [-0.05, 0) is 93.1 Å². The van der Waals surface area contributed by atoms with E-state index in [9.17, 15) is 0 Å². The molecule has 4 unspecified atom stereocenters. The molecule has 23 heavy (non-hydrogen) atoms. The third kappa shape index (κ3) is 2.34. The minimum Gasteiger partial charge on any atom is -0.498 e. The van der Waals surface area contributed by atoms with E-state index in [1.807, 2.05) is 0 Å². The van der Waals surface area contributed by atoms with Crippen LogP contribution < -0.4 is 0 Å². The van der Waals surface area contributed by atoms with E-state index in [-0.39, 0.29) is 0 Å². The Bertz CT molecular complexity index is 567. The summed E-state index contributed by atoms with van der Waals surface area (Å²) in [4.78, 5) is 0. The number of hydrogen-bond acceptors (Lipinski definition) is 1. The van der Waals surface area contributed by atoms with Crippen molar-refractivity contribution in [1.29, 1.82) is 0 Å². The highest BCUT2D eigenvalue weighted by Crippen LogP contribution is 2.62. The largest absolute Gasteiger partial charge is 0.498 e. The van der Waals surface area contributed by atoms with Crippen LogP contribution in [0, 0.1) is 29.1 Å². The molecule has 5 atom stereocenters. The zero-order valence-corrected chi connectivity index (χ0v) is 15.1. The summed E-state index contributed by atoms with van der Waals surface area (Å²) in [6.07, 6.45) is 16.8. The zero-order chi connectivity index (χ0) is 16.0. The van der Waals surface area contributed by atoms with Gasteiger partial charge in [-0.15, -0.1) is 0 Å². The summed E-state index contributed by atoms with van der Waals surface area (Å²) in [5.41, 5.74) is 3.88. The fraction of sp³-hybridized carbons (Fsp3) is 0.727. The van der Waals surface area contributed by atoms with Crippen molar-refractivity contribution in [1.82, 2.24) is 0 Å². The summed E-state index contributed by atoms with van der Waals surface area (Å²) < 4.78 is 5.79. The minimum atomic E-state index is 0.516. The maximum absolute atomic E-state index is 5.79. The number of ether oxygens (including phenoxy) is 1. The molecule has 2 fully saturated rings. The first-order chi connectivity index (χ1) is 11.2. The first-order valence-electron chi connectivity index (χ1n) is 9.86. The summed E-state index contributed by atoms with van der Waals surface area (Å²) in [6.45, 7) is 7.74. The van der Waals surface area contributed by atoms with Gasteiger partial charge >= 0.3 is 0 Å². The van der Waals surface area contributed by atoms with E-state index in [0.717, 1.165) is 36.7 Å². The predicted octanol–water partition coefficient (Wildman–Crippen LogP) is 6.04. The molecule has 0 spiro atoms. The lowest BCUT2D eigenvalue weighted by Crippen LogP contribution is -2.43. The Hall–Kier alpha value is -0.980. The van der Waals surface area contributed by atoms with Gasteiger partial charge in [-0.2, -0.15) is 0 Å². The van der Waals surface area contributed by atoms with Crippen LogP contribution in [0.4, 0.5) is 0 Å². The van der Waals surface area contributed by atoms with Crippen LogP contribution >= 0.6 is 0 Å². The second-order valence-electron chi connectivity index (χ2n) is 8.37. The highest BCUT2D eigenvalue weighted by atomic mass is 16.5. The molecule has 4 aliphatic rings. The van der Waals surface area contributed by atoms with Gasteiger partial charge in [-0.25, -0.2) is 0 Å². The molecular weight excluding hydrogens is 280 g/mol. The maximum atomic E-state index is 5.79. The van der Waals surface area contributed by atoms with Gasteiger partial charge in [0.1, 0.15) is 0 Å². The molecule has 0 aliphatic heterocycles. The van der Waals surface area contributed by atoms with Crippen molar-refractivity contribution in [3.63, 3.8) is 0 Å². The van der Waals surface area contributed by atoms with Gasteiger partial charge in [0.05, 0.1) is 12.4 Å². The van der Waals surface area contributed by atoms with Crippen molar-refractivity contribution in [3.05, 3.63) is 35.1 Å². The van der Waals surface area contributed by atoms with Gasteiger partial charge in [0, 0.05) is 6.42 Å². The average Bonchev–Trinajstić information content (AvgIpc) is 2.91. The summed E-state index contributed by atoms with van der Waals surface area (Å²) in [7, 11) is 0. The van der Waals surface area contributed by atoms with Crippen molar-refractivity contribution in [2.45, 2.75) is 65.7 Å². The molecule has 0 aromatic heterocycles. The number of rotatable bonds is 2. The number of allylic oxidation sites excluding steroid dienone is 6. The molecule has 0 aromatic rings. The van der Waals surface area contributed by atoms with Crippen molar-refractivity contribution in [2.75, 3.05) is 6.61 Å². The summed E-state index contributed by atoms with van der Waals surface area (Å²) in [5, 5.41) is 0. The molecule has 0 amide bonds. The molecule has 1 heteroatoms. The highest BCUT2D eigenvalue weighted by molar-refractivity contribution is 5.33. The van der Waals surface area contributed by atoms with E-state index < -0.39 is 0 Å². The Morgan fingerprint density at radius 3 is 2.87 bits per heavy atom. The Morgan fingerprint density at radius 1 is 1.22 bits per heavy atom. The lowest BCUT2D eigenvalue weighted by molar-refractivity contribution is 0.0281. The van der Waals surface area contributed by atoms with Gasteiger partial charge in [0.25, 0.3) is 0 Å². The van der Waals surface area contributed by atoms with Crippen LogP contribution in [-0.4, -0.2) is 6.61 Å². The van der Waals surface area contributed by atoms with Crippen molar-refractivity contribution >= 4 is 0 Å². The first-order valence-corrected chi connectivity index (χ1v) is 9.86. The van der Waals surface area contributed by atoms with Gasteiger partial charge in [-0.1, -0.05) is 24.6 Å². The smallest absolute Gasteiger partial charge is 0.0962 e. The quantitative estimate of drug-likeness (QED) is 0.565. The first kappa shape index (κ1) is 15.5. The standard InChI is InChI=1S/C22H32O/c1-4-16-7-11-21-20-9-6-15-14-17(23-5-2)8-10-18(15)19(20)12-13-22(16,21)3/h4,6,14,18-21H,5,7-13H2,1-3H3/b16-4+/t18?,19?,20?,21?,22-/m0/s1. The Balaban J connectivity index is 1.61. The topological polar surface area (TPSA) is 9.23 Å². The molecule has 0 heterocycles. The molecule has 0 bridgehead atoms. The third-order valence-electron chi connectivity index (χ3n) is 7.62. The van der Waals surface area contributed by atoms with Crippen LogP contribution in [0.3, 0.4) is 0 Å². The van der Waals surface area contributed by atoms with Crippen molar-refractivity contribution in [3.8, 4) is 0 Å². The van der Waals surface area contributed by atoms with Gasteiger partial charge in [0.2, 0.25) is 0 Å². The van der Waals surface area contributed by atoms with Crippen LogP contribution in [-0.2, 0) is 4.74 Å². The summed E-state index contributed by atoms with van der Waals surface area (Å²) in [6, 6.07) is 0. The Labute approximate surface area is 141 Å². The number of fused-ring (bicyclic) bond motifs is 5. The second-order valence-corrected chi connectivity index (χ2v) is 8.37. The zero-order valence-electron chi connectivity index (χ0n) is 15.1. The normalized spacial score (nSPS) is 44.0. The summed E-state index contributed by atoms with van der Waals surface area (Å²) >= 11 is 0. The molecular formula is C22H32O. The van der Waals surface area contributed by atoms with E-state index >= 15 is 0 Å². The molecule has 2 saturated carbocycles. The van der Waals surface area contributed by atoms with E-state index in [2.05, 4.69) is 39.0 Å². The van der Waals surface area contributed by atoms with Crippen LogP contribution in [0.1, 0.15) is 65.7 Å². The van der Waals surface area contributed by atoms with E-state index in [1.54, 1.807) is 11.1 Å². The molecule has 0 aromatic carbocycles. The maximum Gasteiger partial charge on any atom is 0.0962 e. The van der Waals surface area contributed by atoms with Crippen LogP contribution in [0.15, 0.2) is 35.1 Å². The van der Waals surface area contributed by atoms with Crippen LogP contribution in [0.5, 0.6) is 0 Å². The fourth-order valence-electron chi connectivity index (χ4n) is 6.55. The monoisotopic (exact) mass is 312 g/mol. The molecule has 0 N–H and O–H groups in total. The van der Waals surface area contributed by atoms with Crippen molar-refractivity contribution in [2.24, 2.45) is 29.1 Å².